The van der Waals surface area contributed by atoms with E-state index in [0.717, 1.165) is 13.0 Å². The number of hydrogen-bond acceptors (Lipinski definition) is 5. The van der Waals surface area contributed by atoms with Gasteiger partial charge in [-0.25, -0.2) is 0 Å². The zero-order valence-corrected chi connectivity index (χ0v) is 13.4. The van der Waals surface area contributed by atoms with Crippen molar-refractivity contribution in [3.05, 3.63) is 0 Å². The molecule has 0 saturated heterocycles. The normalized spacial score (nSPS) is 16.9. The van der Waals surface area contributed by atoms with Crippen LogP contribution < -0.4 is 0 Å². The third-order valence-electron chi connectivity index (χ3n) is 3.57. The topological polar surface area (TPSA) is 84.2 Å². The highest BCUT2D eigenvalue weighted by Crippen LogP contribution is 2.21. The molecular formula is C15H33NO4. The summed E-state index contributed by atoms with van der Waals surface area (Å²) in [6.07, 6.45) is -0.543. The second kappa shape index (κ2) is 10.5. The molecule has 3 atom stereocenters. The Bertz CT molecular complexity index is 224. The van der Waals surface area contributed by atoms with Gasteiger partial charge in [-0.2, -0.15) is 0 Å². The van der Waals surface area contributed by atoms with Gasteiger partial charge in [-0.1, -0.05) is 27.7 Å². The second-order valence-corrected chi connectivity index (χ2v) is 6.52. The van der Waals surface area contributed by atoms with Gasteiger partial charge in [0, 0.05) is 19.6 Å². The highest BCUT2D eigenvalue weighted by Gasteiger charge is 2.22. The van der Waals surface area contributed by atoms with Gasteiger partial charge in [0.1, 0.15) is 0 Å². The smallest absolute Gasteiger partial charge is 0.0897 e. The minimum Gasteiger partial charge on any atom is -0.394 e. The first-order chi connectivity index (χ1) is 9.29. The van der Waals surface area contributed by atoms with E-state index in [-0.39, 0.29) is 13.2 Å². The zero-order valence-electron chi connectivity index (χ0n) is 13.4. The molecule has 3 unspecified atom stereocenters. The molecule has 0 aliphatic carbocycles. The fraction of sp³-hybridized carbons (Fsp3) is 1.00. The lowest BCUT2D eigenvalue weighted by Crippen LogP contribution is -2.43. The largest absolute Gasteiger partial charge is 0.394 e. The van der Waals surface area contributed by atoms with Gasteiger partial charge in [-0.05, 0) is 24.2 Å². The van der Waals surface area contributed by atoms with Crippen LogP contribution in [0.5, 0.6) is 0 Å². The molecule has 0 aromatic heterocycles. The van der Waals surface area contributed by atoms with Gasteiger partial charge in [0.25, 0.3) is 0 Å². The lowest BCUT2D eigenvalue weighted by atomic mass is 9.87. The molecule has 20 heavy (non-hydrogen) atoms. The third-order valence-corrected chi connectivity index (χ3v) is 3.57. The molecule has 0 aliphatic rings. The Morgan fingerprint density at radius 1 is 0.800 bits per heavy atom. The number of nitrogens with zero attached hydrogens (tertiary/aromatic N) is 1. The van der Waals surface area contributed by atoms with Crippen LogP contribution in [-0.4, -0.2) is 70.4 Å². The van der Waals surface area contributed by atoms with E-state index in [4.69, 9.17) is 10.2 Å². The molecule has 0 rings (SSSR count). The standard InChI is InChI=1S/C15H33NO4/c1-11(2)5-13(12(3)4)6-16(7-14(19)9-17)8-15(20)10-18/h11-15,17-20H,5-10H2,1-4H3. The summed E-state index contributed by atoms with van der Waals surface area (Å²) in [5.74, 6) is 1.57. The van der Waals surface area contributed by atoms with E-state index in [1.54, 1.807) is 0 Å². The van der Waals surface area contributed by atoms with E-state index in [0.29, 0.717) is 30.8 Å². The molecular weight excluding hydrogens is 258 g/mol. The van der Waals surface area contributed by atoms with E-state index >= 15 is 0 Å². The maximum absolute atomic E-state index is 9.61. The molecule has 0 heterocycles. The Morgan fingerprint density at radius 3 is 1.55 bits per heavy atom. The van der Waals surface area contributed by atoms with Crippen molar-refractivity contribution in [1.82, 2.24) is 4.90 Å². The Labute approximate surface area is 123 Å². The first kappa shape index (κ1) is 19.8. The summed E-state index contributed by atoms with van der Waals surface area (Å²) in [4.78, 5) is 1.94. The quantitative estimate of drug-likeness (QED) is 0.440. The zero-order chi connectivity index (χ0) is 15.7. The monoisotopic (exact) mass is 291 g/mol. The van der Waals surface area contributed by atoms with Crippen molar-refractivity contribution in [2.45, 2.75) is 46.3 Å². The SMILES string of the molecule is CC(C)CC(CN(CC(O)CO)CC(O)CO)C(C)C. The summed E-state index contributed by atoms with van der Waals surface area (Å²) in [5, 5.41) is 37.2. The van der Waals surface area contributed by atoms with Crippen molar-refractivity contribution in [2.24, 2.45) is 17.8 Å². The number of aliphatic hydroxyl groups is 4. The molecule has 0 radical (unpaired) electrons. The van der Waals surface area contributed by atoms with Crippen LogP contribution in [0.2, 0.25) is 0 Å². The molecule has 0 aliphatic heterocycles. The summed E-state index contributed by atoms with van der Waals surface area (Å²) in [7, 11) is 0. The maximum atomic E-state index is 9.61. The predicted octanol–water partition coefficient (Wildman–Crippen LogP) is 0.313. The highest BCUT2D eigenvalue weighted by molar-refractivity contribution is 4.74. The number of hydrogen-bond donors (Lipinski definition) is 4. The third kappa shape index (κ3) is 8.87. The van der Waals surface area contributed by atoms with Gasteiger partial charge in [0.2, 0.25) is 0 Å². The summed E-state index contributed by atoms with van der Waals surface area (Å²) in [6, 6.07) is 0. The summed E-state index contributed by atoms with van der Waals surface area (Å²) < 4.78 is 0. The van der Waals surface area contributed by atoms with E-state index < -0.39 is 12.2 Å². The van der Waals surface area contributed by atoms with Gasteiger partial charge < -0.3 is 20.4 Å². The molecule has 0 amide bonds. The molecule has 0 saturated carbocycles. The fourth-order valence-electron chi connectivity index (χ4n) is 2.43. The fourth-order valence-corrected chi connectivity index (χ4v) is 2.43. The Morgan fingerprint density at radius 2 is 1.25 bits per heavy atom. The van der Waals surface area contributed by atoms with Crippen molar-refractivity contribution < 1.29 is 20.4 Å². The first-order valence-corrected chi connectivity index (χ1v) is 7.60. The lowest BCUT2D eigenvalue weighted by molar-refractivity contribution is 0.0138. The maximum Gasteiger partial charge on any atom is 0.0897 e. The summed E-state index contributed by atoms with van der Waals surface area (Å²) in [6.45, 7) is 9.53. The molecule has 0 aromatic rings. The van der Waals surface area contributed by atoms with Crippen LogP contribution in [-0.2, 0) is 0 Å². The van der Waals surface area contributed by atoms with Crippen LogP contribution in [0.1, 0.15) is 34.1 Å². The molecule has 0 bridgehead atoms. The average Bonchev–Trinajstić information content (AvgIpc) is 2.36. The van der Waals surface area contributed by atoms with E-state index in [9.17, 15) is 10.2 Å². The Balaban J connectivity index is 4.63. The molecule has 5 heteroatoms. The van der Waals surface area contributed by atoms with E-state index in [1.807, 2.05) is 4.90 Å². The average molecular weight is 291 g/mol. The number of aliphatic hydroxyl groups excluding tert-OH is 4. The van der Waals surface area contributed by atoms with Crippen LogP contribution in [0, 0.1) is 17.8 Å². The van der Waals surface area contributed by atoms with Gasteiger partial charge >= 0.3 is 0 Å². The molecule has 4 N–H and O–H groups in total. The van der Waals surface area contributed by atoms with Crippen molar-refractivity contribution in [1.29, 1.82) is 0 Å². The predicted molar refractivity (Wildman–Crippen MR) is 80.4 cm³/mol. The van der Waals surface area contributed by atoms with Crippen molar-refractivity contribution in [2.75, 3.05) is 32.8 Å². The van der Waals surface area contributed by atoms with Crippen LogP contribution in [0.3, 0.4) is 0 Å². The van der Waals surface area contributed by atoms with Crippen LogP contribution in [0.15, 0.2) is 0 Å². The molecule has 0 aromatic carbocycles. The molecule has 0 fully saturated rings. The van der Waals surface area contributed by atoms with E-state index in [1.165, 1.54) is 0 Å². The second-order valence-electron chi connectivity index (χ2n) is 6.52. The van der Waals surface area contributed by atoms with Gasteiger partial charge in [-0.3, -0.25) is 4.90 Å². The molecule has 122 valence electrons. The minimum atomic E-state index is -0.812. The van der Waals surface area contributed by atoms with Crippen LogP contribution >= 0.6 is 0 Å². The number of rotatable bonds is 11. The van der Waals surface area contributed by atoms with Crippen molar-refractivity contribution in [3.63, 3.8) is 0 Å². The van der Waals surface area contributed by atoms with Crippen molar-refractivity contribution >= 4 is 0 Å². The van der Waals surface area contributed by atoms with Gasteiger partial charge in [0.15, 0.2) is 0 Å². The summed E-state index contributed by atoms with van der Waals surface area (Å²) in [5.41, 5.74) is 0. The van der Waals surface area contributed by atoms with Gasteiger partial charge in [0.05, 0.1) is 25.4 Å². The first-order valence-electron chi connectivity index (χ1n) is 7.60. The van der Waals surface area contributed by atoms with E-state index in [2.05, 4.69) is 27.7 Å². The molecule has 5 nitrogen and oxygen atoms in total. The molecule has 0 spiro atoms. The minimum absolute atomic E-state index is 0.289. The lowest BCUT2D eigenvalue weighted by Gasteiger charge is -2.32. The van der Waals surface area contributed by atoms with Crippen LogP contribution in [0.25, 0.3) is 0 Å². The van der Waals surface area contributed by atoms with Crippen LogP contribution in [0.4, 0.5) is 0 Å². The Hall–Kier alpha value is -0.200. The summed E-state index contributed by atoms with van der Waals surface area (Å²) >= 11 is 0. The highest BCUT2D eigenvalue weighted by atomic mass is 16.3. The van der Waals surface area contributed by atoms with Crippen molar-refractivity contribution in [3.8, 4) is 0 Å². The Kier molecular flexibility index (Phi) is 10.4. The van der Waals surface area contributed by atoms with Gasteiger partial charge in [-0.15, -0.1) is 0 Å².